The number of ketones is 2. The van der Waals surface area contributed by atoms with Crippen molar-refractivity contribution < 1.29 is 108 Å². The molecule has 63 heavy (non-hydrogen) atoms. The molecule has 4 aromatic heterocycles. The van der Waals surface area contributed by atoms with Crippen LogP contribution in [0.2, 0.25) is 0 Å². The van der Waals surface area contributed by atoms with E-state index in [4.69, 9.17) is 24.1 Å². The first-order valence-electron chi connectivity index (χ1n) is 18.9. The molecule has 25 heteroatoms. The summed E-state index contributed by atoms with van der Waals surface area (Å²) in [5, 5.41) is 48.9. The van der Waals surface area contributed by atoms with Gasteiger partial charge in [0.2, 0.25) is 17.3 Å². The molecule has 0 bridgehead atoms. The van der Waals surface area contributed by atoms with Gasteiger partial charge in [0.05, 0.1) is 24.3 Å². The van der Waals surface area contributed by atoms with Crippen LogP contribution in [0.4, 0.5) is 14.6 Å². The minimum atomic E-state index is -0.836. The quantitative estimate of drug-likeness (QED) is 0.0710. The molecule has 8 rings (SSSR count). The molecule has 0 fully saturated rings. The van der Waals surface area contributed by atoms with Crippen LogP contribution in [0.1, 0.15) is 94.6 Å². The normalized spacial score (nSPS) is 14.3. The maximum absolute atomic E-state index is 13.6. The summed E-state index contributed by atoms with van der Waals surface area (Å²) >= 11 is 0. The Hall–Kier alpha value is -5.44. The fraction of sp³-hybridized carbons (Fsp3) is 0.421. The molecule has 2 aliphatic carbocycles. The van der Waals surface area contributed by atoms with Crippen molar-refractivity contribution in [3.8, 4) is 28.9 Å². The van der Waals surface area contributed by atoms with Crippen molar-refractivity contribution >= 4 is 17.4 Å². The van der Waals surface area contributed by atoms with Gasteiger partial charge in [0.1, 0.15) is 23.2 Å². The molecular formula is C38H41F2KN9O13+. The Labute approximate surface area is 397 Å². The molecule has 22 nitrogen and oxygen atoms in total. The fourth-order valence-electron chi connectivity index (χ4n) is 6.01. The monoisotopic (exact) mass is 908 g/mol. The first-order chi connectivity index (χ1) is 29.4. The summed E-state index contributed by atoms with van der Waals surface area (Å²) in [4.78, 5) is 55.3. The van der Waals surface area contributed by atoms with Gasteiger partial charge in [-0.15, -0.1) is 4.63 Å². The first kappa shape index (κ1) is 50.2. The van der Waals surface area contributed by atoms with E-state index in [0.29, 0.717) is 49.7 Å². The number of rotatable bonds is 13. The molecule has 2 aromatic carbocycles. The number of hydrogen-bond acceptors (Lipinski definition) is 19. The van der Waals surface area contributed by atoms with E-state index in [1.807, 2.05) is 0 Å². The van der Waals surface area contributed by atoms with Gasteiger partial charge >= 0.3 is 68.7 Å². The molecule has 0 amide bonds. The van der Waals surface area contributed by atoms with E-state index in [-0.39, 0.29) is 111 Å². The molecule has 6 aromatic rings. The van der Waals surface area contributed by atoms with Crippen molar-refractivity contribution in [3.63, 3.8) is 0 Å². The third-order valence-corrected chi connectivity index (χ3v) is 8.78. The van der Waals surface area contributed by atoms with Crippen LogP contribution in [-0.2, 0) is 22.4 Å². The summed E-state index contributed by atoms with van der Waals surface area (Å²) in [6.45, 7) is 8.60. The fourth-order valence-corrected chi connectivity index (χ4v) is 6.01. The minimum Gasteiger partial charge on any atom is -0.474 e. The molecule has 2 N–H and O–H groups in total. The summed E-state index contributed by atoms with van der Waals surface area (Å²) < 4.78 is 53.2. The number of aromatic nitrogens is 8. The molecule has 2 unspecified atom stereocenters. The van der Waals surface area contributed by atoms with E-state index in [9.17, 15) is 38.1 Å². The van der Waals surface area contributed by atoms with E-state index < -0.39 is 45.8 Å². The van der Waals surface area contributed by atoms with Gasteiger partial charge < -0.3 is 34.7 Å². The SMILES string of the molecule is CC(=O)CCCO.CC(=O)CCCOc1nonc1-c1noc(=O)n1C1Cc2ccc(F)cc21.CC(C)(C)O.O=c1onc(-c2nonc2[N+](=O)[O-])n1C1Cc2ccc(F)cc21.[K+]. The number of halogens is 2. The molecule has 4 heterocycles. The molecule has 2 aliphatic rings. The molecule has 0 aliphatic heterocycles. The smallest absolute Gasteiger partial charge is 0.474 e. The second-order valence-corrected chi connectivity index (χ2v) is 14.9. The maximum atomic E-state index is 13.6. The number of carbonyl (C=O) groups is 2. The Bertz CT molecular complexity index is 2640. The molecule has 330 valence electrons. The number of aliphatic hydroxyl groups is 2. The van der Waals surface area contributed by atoms with Crippen molar-refractivity contribution in [1.29, 1.82) is 0 Å². The van der Waals surface area contributed by atoms with Crippen LogP contribution in [0, 0.1) is 21.7 Å². The van der Waals surface area contributed by atoms with Crippen LogP contribution in [0.15, 0.2) is 64.3 Å². The van der Waals surface area contributed by atoms with Gasteiger partial charge in [0.15, 0.2) is 5.16 Å². The Morgan fingerprint density at radius 2 is 1.27 bits per heavy atom. The zero-order valence-corrected chi connectivity index (χ0v) is 38.1. The third kappa shape index (κ3) is 13.1. The van der Waals surface area contributed by atoms with E-state index in [1.54, 1.807) is 32.9 Å². The summed E-state index contributed by atoms with van der Waals surface area (Å²) in [5.41, 5.74) is 2.35. The average molecular weight is 909 g/mol. The van der Waals surface area contributed by atoms with Crippen molar-refractivity contribution in [2.45, 2.75) is 90.8 Å². The summed E-state index contributed by atoms with van der Waals surface area (Å²) in [6.07, 6.45) is 2.96. The van der Waals surface area contributed by atoms with E-state index in [2.05, 4.69) is 40.1 Å². The van der Waals surface area contributed by atoms with Crippen LogP contribution >= 0.6 is 0 Å². The van der Waals surface area contributed by atoms with E-state index in [0.717, 1.165) is 15.7 Å². The van der Waals surface area contributed by atoms with Crippen LogP contribution in [0.25, 0.3) is 23.0 Å². The molecule has 0 radical (unpaired) electrons. The standard InChI is InChI=1S/C17H15FN4O5.C12H6FN5O5.C5H10O2.C4H10O.K/c1-9(23)3-2-6-25-16-14(19-27-21-16)15-20-26-17(24)22(15)13-7-10-4-5-11(18)8-12(10)13;13-6-2-1-5-3-8(7(5)4-6)17-10(15-22-12(17)19)9-11(18(20)21)16-23-14-9;1-5(7)3-2-4-6;1-4(2,3)5;/h4-5,8,13H,2-3,6-7H2,1H3;1-2,4,8H,3H2;6H,2-4H2,1H3;5H,1-3H3;/q;;;;+1. The Morgan fingerprint density at radius 3 is 1.73 bits per heavy atom. The van der Waals surface area contributed by atoms with Gasteiger partial charge in [-0.2, -0.15) is 0 Å². The van der Waals surface area contributed by atoms with Crippen LogP contribution in [0.3, 0.4) is 0 Å². The number of Topliss-reactive ketones (excluding diaryl/α,β-unsaturated/α-hetero) is 2. The number of carbonyl (C=O) groups excluding carboxylic acids is 2. The number of aliphatic hydroxyl groups excluding tert-OH is 1. The largest absolute Gasteiger partial charge is 1.00 e. The second kappa shape index (κ2) is 22.3. The van der Waals surface area contributed by atoms with Crippen molar-refractivity contribution in [1.82, 2.24) is 40.1 Å². The van der Waals surface area contributed by atoms with Gasteiger partial charge in [0, 0.05) is 19.4 Å². The van der Waals surface area contributed by atoms with E-state index in [1.165, 1.54) is 42.7 Å². The maximum Gasteiger partial charge on any atom is 1.00 e. The first-order valence-corrected chi connectivity index (χ1v) is 18.9. The molecule has 2 atom stereocenters. The number of hydrogen-bond donors (Lipinski definition) is 2. The van der Waals surface area contributed by atoms with E-state index >= 15 is 0 Å². The topological polar surface area (TPSA) is 301 Å². The van der Waals surface area contributed by atoms with Crippen LogP contribution in [-0.4, -0.2) is 85.6 Å². The third-order valence-electron chi connectivity index (χ3n) is 8.78. The molecular weight excluding hydrogens is 868 g/mol. The van der Waals surface area contributed by atoms with Crippen molar-refractivity contribution in [2.24, 2.45) is 0 Å². The van der Waals surface area contributed by atoms with Crippen LogP contribution < -0.4 is 67.6 Å². The number of nitrogens with zero attached hydrogens (tertiary/aromatic N) is 9. The Balaban J connectivity index is 0.000000219. The predicted molar refractivity (Wildman–Crippen MR) is 206 cm³/mol. The zero-order chi connectivity index (χ0) is 45.3. The summed E-state index contributed by atoms with van der Waals surface area (Å²) in [6, 6.07) is 7.69. The number of ether oxygens (including phenoxy) is 1. The number of nitro groups is 1. The Kier molecular flexibility index (Phi) is 17.7. The summed E-state index contributed by atoms with van der Waals surface area (Å²) in [7, 11) is 0. The van der Waals surface area contributed by atoms with Gasteiger partial charge in [-0.3, -0.25) is 9.05 Å². The molecule has 0 spiro atoms. The number of benzene rings is 2. The predicted octanol–water partition coefficient (Wildman–Crippen LogP) is 1.13. The molecule has 0 saturated heterocycles. The van der Waals surface area contributed by atoms with Gasteiger partial charge in [-0.1, -0.05) is 22.4 Å². The van der Waals surface area contributed by atoms with Crippen molar-refractivity contribution in [3.05, 3.63) is 102 Å². The average Bonchev–Trinajstić information content (AvgIpc) is 4.00. The van der Waals surface area contributed by atoms with Gasteiger partial charge in [0.25, 0.3) is 11.6 Å². The molecule has 0 saturated carbocycles. The van der Waals surface area contributed by atoms with Crippen molar-refractivity contribution in [2.75, 3.05) is 13.2 Å². The zero-order valence-electron chi connectivity index (χ0n) is 34.9. The van der Waals surface area contributed by atoms with Gasteiger partial charge in [-0.05, 0) is 127 Å². The van der Waals surface area contributed by atoms with Crippen LogP contribution in [0.5, 0.6) is 5.88 Å². The second-order valence-electron chi connectivity index (χ2n) is 14.9. The summed E-state index contributed by atoms with van der Waals surface area (Å²) in [5.74, 6) is -2.92. The van der Waals surface area contributed by atoms with Gasteiger partial charge in [-0.25, -0.2) is 32.1 Å². The Morgan fingerprint density at radius 1 is 0.810 bits per heavy atom. The number of fused-ring (bicyclic) bond motifs is 2. The minimum absolute atomic E-state index is 0.